The van der Waals surface area contributed by atoms with E-state index in [1.807, 2.05) is 20.8 Å². The summed E-state index contributed by atoms with van der Waals surface area (Å²) < 4.78 is 5.54. The third-order valence-corrected chi connectivity index (χ3v) is 7.38. The Labute approximate surface area is 204 Å². The summed E-state index contributed by atoms with van der Waals surface area (Å²) in [4.78, 5) is 16.6. The van der Waals surface area contributed by atoms with Gasteiger partial charge in [-0.15, -0.1) is 0 Å². The van der Waals surface area contributed by atoms with Gasteiger partial charge in [0.25, 0.3) is 0 Å². The van der Waals surface area contributed by atoms with E-state index in [0.717, 1.165) is 25.9 Å². The Morgan fingerprint density at radius 2 is 1.44 bits per heavy atom. The predicted molar refractivity (Wildman–Crippen MR) is 134 cm³/mol. The number of hydrogen-bond donors (Lipinski definition) is 0. The lowest BCUT2D eigenvalue weighted by Gasteiger charge is -2.47. The molecule has 0 atom stereocenters. The van der Waals surface area contributed by atoms with Crippen molar-refractivity contribution in [2.24, 2.45) is 5.92 Å². The zero-order valence-electron chi connectivity index (χ0n) is 20.7. The largest absolute Gasteiger partial charge is 0.444 e. The first-order valence-electron chi connectivity index (χ1n) is 12.6. The van der Waals surface area contributed by atoms with Gasteiger partial charge in [0, 0.05) is 19.0 Å². The molecule has 2 heterocycles. The highest BCUT2D eigenvalue weighted by atomic mass is 16.6. The summed E-state index contributed by atoms with van der Waals surface area (Å²) in [5.74, 6) is 0.912. The van der Waals surface area contributed by atoms with Gasteiger partial charge in [-0.3, -0.25) is 4.90 Å². The van der Waals surface area contributed by atoms with E-state index in [2.05, 4.69) is 71.6 Å². The summed E-state index contributed by atoms with van der Waals surface area (Å²) in [6, 6.07) is 24.3. The first-order valence-corrected chi connectivity index (χ1v) is 12.6. The zero-order valence-corrected chi connectivity index (χ0v) is 20.7. The first-order chi connectivity index (χ1) is 16.3. The number of ether oxygens (including phenoxy) is 1. The third kappa shape index (κ3) is 5.45. The molecule has 2 aromatic carbocycles. The molecule has 0 bridgehead atoms. The van der Waals surface area contributed by atoms with Crippen molar-refractivity contribution in [3.63, 3.8) is 0 Å². The number of nitrogens with zero attached hydrogens (tertiary/aromatic N) is 3. The molecule has 0 spiro atoms. The van der Waals surface area contributed by atoms with Crippen LogP contribution in [-0.4, -0.2) is 53.2 Å². The number of amides is 1. The molecule has 0 saturated carbocycles. The number of rotatable bonds is 4. The Balaban J connectivity index is 1.42. The highest BCUT2D eigenvalue weighted by molar-refractivity contribution is 5.68. The highest BCUT2D eigenvalue weighted by Crippen LogP contribution is 2.40. The van der Waals surface area contributed by atoms with Crippen molar-refractivity contribution in [2.45, 2.75) is 63.5 Å². The standard InChI is InChI=1S/C29H37N3O2/c1-28(2,3)34-27(33)31-20-16-29(22-30,17-21-31)32-18-14-25(15-19-32)26(23-10-6-4-7-11-23)24-12-8-5-9-13-24/h4-13,25-26H,14-21H2,1-3H3. The molecule has 2 aliphatic heterocycles. The normalized spacial score (nSPS) is 19.6. The molecule has 2 aromatic rings. The topological polar surface area (TPSA) is 56.6 Å². The van der Waals surface area contributed by atoms with Crippen molar-refractivity contribution in [3.8, 4) is 6.07 Å². The number of carbonyl (C=O) groups excluding carboxylic acids is 1. The Hall–Kier alpha value is -2.84. The van der Waals surface area contributed by atoms with E-state index < -0.39 is 11.1 Å². The average Bonchev–Trinajstić information content (AvgIpc) is 2.85. The smallest absolute Gasteiger partial charge is 0.410 e. The Morgan fingerprint density at radius 3 is 1.88 bits per heavy atom. The van der Waals surface area contributed by atoms with Crippen LogP contribution in [-0.2, 0) is 4.74 Å². The van der Waals surface area contributed by atoms with Crippen LogP contribution >= 0.6 is 0 Å². The molecule has 0 aromatic heterocycles. The molecule has 2 saturated heterocycles. The molecular weight excluding hydrogens is 422 g/mol. The molecule has 4 rings (SSSR count). The number of hydrogen-bond acceptors (Lipinski definition) is 4. The summed E-state index contributed by atoms with van der Waals surface area (Å²) in [7, 11) is 0. The van der Waals surface area contributed by atoms with Gasteiger partial charge < -0.3 is 9.64 Å². The molecule has 2 aliphatic rings. The van der Waals surface area contributed by atoms with Gasteiger partial charge in [0.2, 0.25) is 0 Å². The fraction of sp³-hybridized carbons (Fsp3) is 0.517. The van der Waals surface area contributed by atoms with Gasteiger partial charge in [-0.05, 0) is 76.6 Å². The van der Waals surface area contributed by atoms with E-state index in [4.69, 9.17) is 4.74 Å². The summed E-state index contributed by atoms with van der Waals surface area (Å²) in [5.41, 5.74) is 1.75. The number of piperidine rings is 2. The lowest BCUT2D eigenvalue weighted by molar-refractivity contribution is -0.000327. The lowest BCUT2D eigenvalue weighted by atomic mass is 9.75. The fourth-order valence-corrected chi connectivity index (χ4v) is 5.60. The molecule has 0 unspecified atom stereocenters. The van der Waals surface area contributed by atoms with Gasteiger partial charge in [-0.1, -0.05) is 60.7 Å². The van der Waals surface area contributed by atoms with Gasteiger partial charge in [0.1, 0.15) is 11.1 Å². The van der Waals surface area contributed by atoms with Gasteiger partial charge >= 0.3 is 6.09 Å². The van der Waals surface area contributed by atoms with Crippen LogP contribution in [0.25, 0.3) is 0 Å². The zero-order chi connectivity index (χ0) is 24.2. The van der Waals surface area contributed by atoms with Crippen LogP contribution in [0.2, 0.25) is 0 Å². The molecular formula is C29H37N3O2. The van der Waals surface area contributed by atoms with Gasteiger partial charge in [-0.25, -0.2) is 4.79 Å². The van der Waals surface area contributed by atoms with E-state index in [9.17, 15) is 10.1 Å². The molecule has 2 fully saturated rings. The summed E-state index contributed by atoms with van der Waals surface area (Å²) in [6.07, 6.45) is 3.20. The summed E-state index contributed by atoms with van der Waals surface area (Å²) in [5, 5.41) is 10.2. The van der Waals surface area contributed by atoms with Crippen molar-refractivity contribution in [3.05, 3.63) is 71.8 Å². The van der Waals surface area contributed by atoms with Crippen LogP contribution in [0.3, 0.4) is 0 Å². The van der Waals surface area contributed by atoms with Crippen LogP contribution in [0.1, 0.15) is 63.5 Å². The van der Waals surface area contributed by atoms with Crippen molar-refractivity contribution in [2.75, 3.05) is 26.2 Å². The monoisotopic (exact) mass is 459 g/mol. The maximum atomic E-state index is 12.5. The van der Waals surface area contributed by atoms with Crippen LogP contribution in [0, 0.1) is 17.2 Å². The minimum absolute atomic E-state index is 0.272. The molecule has 5 heteroatoms. The predicted octanol–water partition coefficient (Wildman–Crippen LogP) is 5.82. The maximum Gasteiger partial charge on any atom is 0.410 e. The summed E-state index contributed by atoms with van der Waals surface area (Å²) >= 11 is 0. The fourth-order valence-electron chi connectivity index (χ4n) is 5.60. The minimum atomic E-state index is -0.503. The van der Waals surface area contributed by atoms with Crippen LogP contribution in [0.4, 0.5) is 4.79 Å². The Morgan fingerprint density at radius 1 is 0.941 bits per heavy atom. The van der Waals surface area contributed by atoms with Crippen LogP contribution in [0.5, 0.6) is 0 Å². The minimum Gasteiger partial charge on any atom is -0.444 e. The highest BCUT2D eigenvalue weighted by Gasteiger charge is 2.44. The number of likely N-dealkylation sites (tertiary alicyclic amines) is 2. The molecule has 34 heavy (non-hydrogen) atoms. The molecule has 0 N–H and O–H groups in total. The van der Waals surface area contributed by atoms with E-state index in [1.165, 1.54) is 11.1 Å². The number of carbonyl (C=O) groups is 1. The lowest BCUT2D eigenvalue weighted by Crippen LogP contribution is -2.57. The van der Waals surface area contributed by atoms with Crippen molar-refractivity contribution >= 4 is 6.09 Å². The SMILES string of the molecule is CC(C)(C)OC(=O)N1CCC(C#N)(N2CCC(C(c3ccccc3)c3ccccc3)CC2)CC1. The van der Waals surface area contributed by atoms with Gasteiger partial charge in [0.15, 0.2) is 0 Å². The second kappa shape index (κ2) is 10.2. The quantitative estimate of drug-likeness (QED) is 0.578. The molecule has 5 nitrogen and oxygen atoms in total. The summed E-state index contributed by atoms with van der Waals surface area (Å²) in [6.45, 7) is 8.63. The Bertz CT molecular complexity index is 938. The van der Waals surface area contributed by atoms with E-state index >= 15 is 0 Å². The van der Waals surface area contributed by atoms with E-state index in [0.29, 0.717) is 37.8 Å². The second-order valence-corrected chi connectivity index (χ2v) is 10.7. The van der Waals surface area contributed by atoms with Crippen LogP contribution < -0.4 is 0 Å². The van der Waals surface area contributed by atoms with Crippen LogP contribution in [0.15, 0.2) is 60.7 Å². The molecule has 180 valence electrons. The van der Waals surface area contributed by atoms with Gasteiger partial charge in [0.05, 0.1) is 6.07 Å². The first kappa shape index (κ1) is 24.3. The second-order valence-electron chi connectivity index (χ2n) is 10.7. The molecule has 1 amide bonds. The van der Waals surface area contributed by atoms with Crippen molar-refractivity contribution < 1.29 is 9.53 Å². The number of benzene rings is 2. The van der Waals surface area contributed by atoms with Crippen molar-refractivity contribution in [1.29, 1.82) is 5.26 Å². The van der Waals surface area contributed by atoms with E-state index in [-0.39, 0.29) is 6.09 Å². The maximum absolute atomic E-state index is 12.5. The Kier molecular flexibility index (Phi) is 7.28. The number of nitriles is 1. The van der Waals surface area contributed by atoms with Gasteiger partial charge in [-0.2, -0.15) is 5.26 Å². The third-order valence-electron chi connectivity index (χ3n) is 7.38. The van der Waals surface area contributed by atoms with Crippen molar-refractivity contribution in [1.82, 2.24) is 9.80 Å². The van der Waals surface area contributed by atoms with E-state index in [1.54, 1.807) is 4.90 Å². The molecule has 0 radical (unpaired) electrons. The molecule has 0 aliphatic carbocycles. The average molecular weight is 460 g/mol.